The number of halogens is 3. The van der Waals surface area contributed by atoms with Crippen LogP contribution in [0.4, 0.5) is 30.8 Å². The van der Waals surface area contributed by atoms with E-state index in [1.54, 1.807) is 6.20 Å². The van der Waals surface area contributed by atoms with Crippen molar-refractivity contribution in [2.24, 2.45) is 5.92 Å². The van der Waals surface area contributed by atoms with Gasteiger partial charge in [-0.05, 0) is 64.2 Å². The van der Waals surface area contributed by atoms with Crippen LogP contribution in [-0.2, 0) is 4.79 Å². The molecule has 1 amide bonds. The Bertz CT molecular complexity index is 1360. The molecule has 1 aliphatic heterocycles. The van der Waals surface area contributed by atoms with E-state index in [-0.39, 0.29) is 37.3 Å². The standard InChI is InChI=1S/C28H34F3N7O2.CH4/c29-17-13-21(30)24(22(31)14-17)35-28-34-23-15-32-27(36-25(23)38(28)19-7-9-20(39)10-8-19)33-18-5-3-16(4-6-18)26(40)37-11-1-2-12-37;/h13-16,18-20,39H,1-12H2,(H,34,35)(H,32,33,36);1H4. The average Bonchev–Trinajstić information content (AvgIpc) is 3.60. The number of hydrogen-bond donors (Lipinski definition) is 3. The number of fused-ring (bicyclic) bond motifs is 1. The van der Waals surface area contributed by atoms with Gasteiger partial charge in [-0.3, -0.25) is 9.36 Å². The molecule has 1 saturated heterocycles. The number of likely N-dealkylation sites (tertiary alicyclic amines) is 1. The van der Waals surface area contributed by atoms with Crippen LogP contribution in [0, 0.1) is 23.4 Å². The molecule has 2 saturated carbocycles. The van der Waals surface area contributed by atoms with Crippen LogP contribution in [0.15, 0.2) is 18.3 Å². The normalized spacial score (nSPS) is 24.7. The zero-order valence-corrected chi connectivity index (χ0v) is 22.3. The van der Waals surface area contributed by atoms with E-state index in [0.717, 1.165) is 51.6 Å². The quantitative estimate of drug-likeness (QED) is 0.348. The Morgan fingerprint density at radius 1 is 0.927 bits per heavy atom. The molecule has 3 heterocycles. The Hall–Kier alpha value is -3.41. The van der Waals surface area contributed by atoms with E-state index in [9.17, 15) is 23.1 Å². The minimum absolute atomic E-state index is 0. The van der Waals surface area contributed by atoms with Crippen LogP contribution in [0.1, 0.15) is 77.7 Å². The number of aliphatic hydroxyl groups excluding tert-OH is 1. The Labute approximate surface area is 237 Å². The highest BCUT2D eigenvalue weighted by Gasteiger charge is 2.31. The minimum atomic E-state index is -1.07. The van der Waals surface area contributed by atoms with Crippen LogP contribution < -0.4 is 10.6 Å². The third kappa shape index (κ3) is 6.12. The smallest absolute Gasteiger partial charge is 0.225 e. The van der Waals surface area contributed by atoms with Gasteiger partial charge in [0.15, 0.2) is 17.3 Å². The molecule has 12 heteroatoms. The van der Waals surface area contributed by atoms with E-state index < -0.39 is 29.2 Å². The Morgan fingerprint density at radius 2 is 1.59 bits per heavy atom. The Kier molecular flexibility index (Phi) is 8.67. The molecule has 41 heavy (non-hydrogen) atoms. The predicted molar refractivity (Wildman–Crippen MR) is 150 cm³/mol. The monoisotopic (exact) mass is 573 g/mol. The van der Waals surface area contributed by atoms with Crippen LogP contribution in [0.2, 0.25) is 0 Å². The van der Waals surface area contributed by atoms with Crippen LogP contribution in [0.5, 0.6) is 0 Å². The van der Waals surface area contributed by atoms with E-state index in [4.69, 9.17) is 4.98 Å². The number of rotatable bonds is 6. The van der Waals surface area contributed by atoms with E-state index in [1.165, 1.54) is 0 Å². The second-order valence-electron chi connectivity index (χ2n) is 11.3. The Morgan fingerprint density at radius 3 is 2.24 bits per heavy atom. The molecular formula is C29H38F3N7O2. The molecule has 2 aromatic heterocycles. The van der Waals surface area contributed by atoms with Gasteiger partial charge in [0.25, 0.3) is 0 Å². The molecule has 0 bridgehead atoms. The maximum absolute atomic E-state index is 14.5. The zero-order valence-electron chi connectivity index (χ0n) is 22.3. The molecule has 1 aromatic carbocycles. The third-order valence-corrected chi connectivity index (χ3v) is 8.54. The van der Waals surface area contributed by atoms with Gasteiger partial charge >= 0.3 is 0 Å². The maximum Gasteiger partial charge on any atom is 0.225 e. The molecule has 2 aliphatic carbocycles. The number of carbonyl (C=O) groups is 1. The van der Waals surface area contributed by atoms with Gasteiger partial charge < -0.3 is 20.6 Å². The van der Waals surface area contributed by atoms with Crippen molar-refractivity contribution < 1.29 is 23.1 Å². The van der Waals surface area contributed by atoms with Crippen molar-refractivity contribution in [2.75, 3.05) is 23.7 Å². The third-order valence-electron chi connectivity index (χ3n) is 8.54. The van der Waals surface area contributed by atoms with Gasteiger partial charge in [-0.15, -0.1) is 0 Å². The first-order chi connectivity index (χ1) is 19.4. The summed E-state index contributed by atoms with van der Waals surface area (Å²) in [5.41, 5.74) is 0.449. The molecule has 3 fully saturated rings. The highest BCUT2D eigenvalue weighted by atomic mass is 19.1. The molecule has 222 valence electrons. The van der Waals surface area contributed by atoms with Gasteiger partial charge in [-0.25, -0.2) is 23.1 Å². The van der Waals surface area contributed by atoms with Gasteiger partial charge in [0, 0.05) is 43.2 Å². The molecule has 3 N–H and O–H groups in total. The Balaban J connectivity index is 0.00000337. The summed E-state index contributed by atoms with van der Waals surface area (Å²) in [6, 6.07) is 1.24. The van der Waals surface area contributed by atoms with Gasteiger partial charge in [-0.2, -0.15) is 4.98 Å². The lowest BCUT2D eigenvalue weighted by atomic mass is 9.85. The predicted octanol–water partition coefficient (Wildman–Crippen LogP) is 5.69. The van der Waals surface area contributed by atoms with Crippen molar-refractivity contribution in [3.63, 3.8) is 0 Å². The fraction of sp³-hybridized carbons (Fsp3) is 0.586. The van der Waals surface area contributed by atoms with Crippen molar-refractivity contribution >= 4 is 34.7 Å². The van der Waals surface area contributed by atoms with E-state index in [0.29, 0.717) is 54.9 Å². The van der Waals surface area contributed by atoms with Crippen LogP contribution in [0.3, 0.4) is 0 Å². The SMILES string of the molecule is C.O=C(C1CCC(Nc2ncc3nc(Nc4c(F)cc(F)cc4F)n(C4CCC(O)CC4)c3n2)CC1)N1CCCC1. The summed E-state index contributed by atoms with van der Waals surface area (Å²) in [5.74, 6) is -2.19. The van der Waals surface area contributed by atoms with Gasteiger partial charge in [0.1, 0.15) is 17.0 Å². The van der Waals surface area contributed by atoms with Gasteiger partial charge in [0.05, 0.1) is 12.3 Å². The number of nitrogens with zero attached hydrogens (tertiary/aromatic N) is 5. The highest BCUT2D eigenvalue weighted by Crippen LogP contribution is 2.36. The zero-order chi connectivity index (χ0) is 27.8. The van der Waals surface area contributed by atoms with Crippen molar-refractivity contribution in [2.45, 2.75) is 89.8 Å². The van der Waals surface area contributed by atoms with Crippen LogP contribution in [0.25, 0.3) is 11.2 Å². The second-order valence-corrected chi connectivity index (χ2v) is 11.3. The number of hydrogen-bond acceptors (Lipinski definition) is 7. The lowest BCUT2D eigenvalue weighted by Gasteiger charge is -2.31. The molecule has 0 unspecified atom stereocenters. The summed E-state index contributed by atoms with van der Waals surface area (Å²) in [6.45, 7) is 1.74. The second kappa shape index (κ2) is 12.2. The average molecular weight is 574 g/mol. The number of imidazole rings is 1. The number of amides is 1. The number of anilines is 3. The van der Waals surface area contributed by atoms with Gasteiger partial charge in [0.2, 0.25) is 17.8 Å². The summed E-state index contributed by atoms with van der Waals surface area (Å²) < 4.78 is 44.3. The minimum Gasteiger partial charge on any atom is -0.393 e. The van der Waals surface area contributed by atoms with E-state index in [1.807, 2.05) is 9.47 Å². The molecule has 0 radical (unpaired) electrons. The van der Waals surface area contributed by atoms with Crippen molar-refractivity contribution in [3.05, 3.63) is 35.8 Å². The highest BCUT2D eigenvalue weighted by molar-refractivity contribution is 5.79. The number of nitrogens with one attached hydrogen (secondary N) is 2. The molecular weight excluding hydrogens is 535 g/mol. The van der Waals surface area contributed by atoms with Crippen molar-refractivity contribution in [3.8, 4) is 0 Å². The number of carbonyl (C=O) groups excluding carboxylic acids is 1. The van der Waals surface area contributed by atoms with Crippen LogP contribution in [-0.4, -0.2) is 60.7 Å². The van der Waals surface area contributed by atoms with Crippen LogP contribution >= 0.6 is 0 Å². The van der Waals surface area contributed by atoms with Gasteiger partial charge in [-0.1, -0.05) is 7.43 Å². The first kappa shape index (κ1) is 29.1. The summed E-state index contributed by atoms with van der Waals surface area (Å²) in [6.07, 6.45) is 9.10. The number of benzene rings is 1. The number of aliphatic hydroxyl groups is 1. The summed E-state index contributed by atoms with van der Waals surface area (Å²) in [5, 5.41) is 16.2. The topological polar surface area (TPSA) is 108 Å². The molecule has 0 spiro atoms. The summed E-state index contributed by atoms with van der Waals surface area (Å²) in [4.78, 5) is 28.5. The molecule has 9 nitrogen and oxygen atoms in total. The summed E-state index contributed by atoms with van der Waals surface area (Å²) in [7, 11) is 0. The fourth-order valence-electron chi connectivity index (χ4n) is 6.35. The fourth-order valence-corrected chi connectivity index (χ4v) is 6.35. The largest absolute Gasteiger partial charge is 0.393 e. The maximum atomic E-state index is 14.5. The van der Waals surface area contributed by atoms with E-state index in [2.05, 4.69) is 20.6 Å². The number of aromatic nitrogens is 4. The molecule has 3 aromatic rings. The van der Waals surface area contributed by atoms with Crippen molar-refractivity contribution in [1.82, 2.24) is 24.4 Å². The molecule has 6 rings (SSSR count). The van der Waals surface area contributed by atoms with Crippen molar-refractivity contribution in [1.29, 1.82) is 0 Å². The summed E-state index contributed by atoms with van der Waals surface area (Å²) >= 11 is 0. The lowest BCUT2D eigenvalue weighted by molar-refractivity contribution is -0.135. The molecule has 3 aliphatic rings. The lowest BCUT2D eigenvalue weighted by Crippen LogP contribution is -2.37. The molecule has 0 atom stereocenters. The first-order valence-corrected chi connectivity index (χ1v) is 14.3. The first-order valence-electron chi connectivity index (χ1n) is 14.3. The van der Waals surface area contributed by atoms with E-state index >= 15 is 0 Å².